The van der Waals surface area contributed by atoms with Crippen LogP contribution in [0.15, 0.2) is 46.7 Å². The number of carbonyl (C=O) groups is 1. The van der Waals surface area contributed by atoms with E-state index in [2.05, 4.69) is 21.4 Å². The van der Waals surface area contributed by atoms with Crippen molar-refractivity contribution in [2.45, 2.75) is 43.2 Å². The van der Waals surface area contributed by atoms with Crippen LogP contribution in [0, 0.1) is 5.92 Å². The molecule has 1 aliphatic rings. The molecule has 0 radical (unpaired) electrons. The van der Waals surface area contributed by atoms with E-state index in [-0.39, 0.29) is 17.0 Å². The Morgan fingerprint density at radius 1 is 1.19 bits per heavy atom. The normalized spacial score (nSPS) is 16.2. The zero-order chi connectivity index (χ0) is 19.3. The third-order valence-corrected chi connectivity index (χ3v) is 7.35. The van der Waals surface area contributed by atoms with Gasteiger partial charge >= 0.3 is 6.03 Å². The number of hydrogen-bond acceptors (Lipinski definition) is 4. The summed E-state index contributed by atoms with van der Waals surface area (Å²) in [7, 11) is -2.07. The first-order valence-electron chi connectivity index (χ1n) is 9.10. The molecule has 2 amide bonds. The molecule has 3 N–H and O–H groups in total. The van der Waals surface area contributed by atoms with Crippen LogP contribution >= 0.6 is 11.3 Å². The molecule has 1 unspecified atom stereocenters. The van der Waals surface area contributed by atoms with Crippen LogP contribution in [-0.2, 0) is 16.6 Å². The minimum Gasteiger partial charge on any atom is -0.334 e. The van der Waals surface area contributed by atoms with Gasteiger partial charge in [-0.3, -0.25) is 0 Å². The van der Waals surface area contributed by atoms with Gasteiger partial charge < -0.3 is 10.6 Å². The van der Waals surface area contributed by atoms with E-state index >= 15 is 0 Å². The van der Waals surface area contributed by atoms with Gasteiger partial charge in [-0.25, -0.2) is 17.9 Å². The van der Waals surface area contributed by atoms with Crippen molar-refractivity contribution in [3.8, 4) is 0 Å². The average Bonchev–Trinajstić information content (AvgIpc) is 3.39. The van der Waals surface area contributed by atoms with Gasteiger partial charge in [-0.1, -0.05) is 31.0 Å². The van der Waals surface area contributed by atoms with Crippen LogP contribution in [0.2, 0.25) is 0 Å². The molecule has 2 aromatic rings. The second kappa shape index (κ2) is 8.86. The molecule has 1 aromatic heterocycles. The van der Waals surface area contributed by atoms with Gasteiger partial charge in [-0.05, 0) is 54.9 Å². The second-order valence-electron chi connectivity index (χ2n) is 6.72. The molecule has 3 rings (SSSR count). The van der Waals surface area contributed by atoms with Gasteiger partial charge in [0.2, 0.25) is 10.0 Å². The Balaban J connectivity index is 1.58. The Morgan fingerprint density at radius 3 is 2.48 bits per heavy atom. The predicted molar refractivity (Wildman–Crippen MR) is 107 cm³/mol. The van der Waals surface area contributed by atoms with E-state index in [0.717, 1.165) is 18.4 Å². The third kappa shape index (κ3) is 5.09. The van der Waals surface area contributed by atoms with E-state index in [1.807, 2.05) is 11.4 Å². The van der Waals surface area contributed by atoms with Crippen LogP contribution in [-0.4, -0.2) is 21.5 Å². The molecule has 1 aromatic carbocycles. The number of amides is 2. The van der Waals surface area contributed by atoms with Crippen molar-refractivity contribution in [1.82, 2.24) is 15.4 Å². The number of rotatable bonds is 7. The minimum atomic E-state index is -3.45. The highest BCUT2D eigenvalue weighted by atomic mass is 32.2. The molecule has 0 aliphatic heterocycles. The highest BCUT2D eigenvalue weighted by molar-refractivity contribution is 7.89. The summed E-state index contributed by atoms with van der Waals surface area (Å²) in [5.41, 5.74) is 0.841. The second-order valence-corrected chi connectivity index (χ2v) is 9.58. The molecule has 6 nitrogen and oxygen atoms in total. The van der Waals surface area contributed by atoms with Crippen molar-refractivity contribution < 1.29 is 13.2 Å². The summed E-state index contributed by atoms with van der Waals surface area (Å²) >= 11 is 1.68. The van der Waals surface area contributed by atoms with Crippen molar-refractivity contribution in [3.63, 3.8) is 0 Å². The minimum absolute atomic E-state index is 0.0515. The summed E-state index contributed by atoms with van der Waals surface area (Å²) in [6, 6.07) is 10.4. The lowest BCUT2D eigenvalue weighted by Gasteiger charge is -2.24. The highest BCUT2D eigenvalue weighted by Crippen LogP contribution is 2.37. The molecular formula is C19H25N3O3S2. The Morgan fingerprint density at radius 2 is 1.89 bits per heavy atom. The van der Waals surface area contributed by atoms with Gasteiger partial charge in [0.15, 0.2) is 0 Å². The Kier molecular flexibility index (Phi) is 6.51. The number of carbonyl (C=O) groups excluding carboxylic acids is 1. The van der Waals surface area contributed by atoms with Crippen LogP contribution in [0.5, 0.6) is 0 Å². The maximum Gasteiger partial charge on any atom is 0.315 e. The molecule has 1 aliphatic carbocycles. The Bertz CT molecular complexity index is 843. The maximum absolute atomic E-state index is 12.4. The molecule has 1 heterocycles. The SMILES string of the molecule is CNS(=O)(=O)c1ccc(CNC(=O)NC(c2cccs2)C2CCCC2)cc1. The number of urea groups is 1. The Labute approximate surface area is 164 Å². The fourth-order valence-corrected chi connectivity index (χ4v) is 5.06. The first-order chi connectivity index (χ1) is 13.0. The molecule has 1 fully saturated rings. The quantitative estimate of drug-likeness (QED) is 0.657. The number of thiophene rings is 1. The molecule has 146 valence electrons. The lowest BCUT2D eigenvalue weighted by Crippen LogP contribution is -2.39. The molecule has 1 saturated carbocycles. The summed E-state index contributed by atoms with van der Waals surface area (Å²) in [6.45, 7) is 0.341. The van der Waals surface area contributed by atoms with Crippen LogP contribution < -0.4 is 15.4 Å². The Hall–Kier alpha value is -1.90. The lowest BCUT2D eigenvalue weighted by molar-refractivity contribution is 0.231. The van der Waals surface area contributed by atoms with E-state index in [4.69, 9.17) is 0 Å². The van der Waals surface area contributed by atoms with Gasteiger partial charge in [0.1, 0.15) is 0 Å². The van der Waals surface area contributed by atoms with Gasteiger partial charge in [-0.15, -0.1) is 11.3 Å². The van der Waals surface area contributed by atoms with Crippen LogP contribution in [0.1, 0.15) is 42.2 Å². The fraction of sp³-hybridized carbons (Fsp3) is 0.421. The smallest absolute Gasteiger partial charge is 0.315 e. The zero-order valence-corrected chi connectivity index (χ0v) is 16.9. The van der Waals surface area contributed by atoms with E-state index < -0.39 is 10.0 Å². The molecule has 1 atom stereocenters. The van der Waals surface area contributed by atoms with Crippen molar-refractivity contribution >= 4 is 27.4 Å². The van der Waals surface area contributed by atoms with Crippen LogP contribution in [0.25, 0.3) is 0 Å². The molecule has 8 heteroatoms. The van der Waals surface area contributed by atoms with Crippen LogP contribution in [0.4, 0.5) is 4.79 Å². The monoisotopic (exact) mass is 407 g/mol. The zero-order valence-electron chi connectivity index (χ0n) is 15.3. The van der Waals surface area contributed by atoms with Gasteiger partial charge in [-0.2, -0.15) is 0 Å². The van der Waals surface area contributed by atoms with E-state index in [1.165, 1.54) is 36.9 Å². The van der Waals surface area contributed by atoms with Crippen molar-refractivity contribution in [1.29, 1.82) is 0 Å². The van der Waals surface area contributed by atoms with E-state index in [9.17, 15) is 13.2 Å². The third-order valence-electron chi connectivity index (χ3n) is 4.96. The average molecular weight is 408 g/mol. The highest BCUT2D eigenvalue weighted by Gasteiger charge is 2.28. The van der Waals surface area contributed by atoms with Gasteiger partial charge in [0, 0.05) is 11.4 Å². The maximum atomic E-state index is 12.4. The largest absolute Gasteiger partial charge is 0.334 e. The van der Waals surface area contributed by atoms with Crippen molar-refractivity contribution in [2.24, 2.45) is 5.92 Å². The standard InChI is InChI=1S/C19H25N3O3S2/c1-20-27(24,25)16-10-8-14(9-11-16)13-21-19(23)22-18(15-5-2-3-6-15)17-7-4-12-26-17/h4,7-12,15,18,20H,2-3,5-6,13H2,1H3,(H2,21,22,23). The first-order valence-corrected chi connectivity index (χ1v) is 11.5. The topological polar surface area (TPSA) is 87.3 Å². The number of hydrogen-bond donors (Lipinski definition) is 3. The van der Waals surface area contributed by atoms with E-state index in [0.29, 0.717) is 12.5 Å². The van der Waals surface area contributed by atoms with Crippen molar-refractivity contribution in [3.05, 3.63) is 52.2 Å². The summed E-state index contributed by atoms with van der Waals surface area (Å²) in [5, 5.41) is 8.05. The number of nitrogens with one attached hydrogen (secondary N) is 3. The molecular weight excluding hydrogens is 382 g/mol. The summed E-state index contributed by atoms with van der Waals surface area (Å²) in [4.78, 5) is 13.8. The molecule has 27 heavy (non-hydrogen) atoms. The van der Waals surface area contributed by atoms with Crippen molar-refractivity contribution in [2.75, 3.05) is 7.05 Å². The molecule has 0 saturated heterocycles. The van der Waals surface area contributed by atoms with Gasteiger partial charge in [0.25, 0.3) is 0 Å². The molecule has 0 spiro atoms. The van der Waals surface area contributed by atoms with Crippen LogP contribution in [0.3, 0.4) is 0 Å². The first kappa shape index (κ1) is 19.9. The predicted octanol–water partition coefficient (Wildman–Crippen LogP) is 3.39. The fourth-order valence-electron chi connectivity index (χ4n) is 3.46. The lowest BCUT2D eigenvalue weighted by atomic mass is 9.97. The number of sulfonamides is 1. The summed E-state index contributed by atoms with van der Waals surface area (Å²) in [5.74, 6) is 0.487. The van der Waals surface area contributed by atoms with Gasteiger partial charge in [0.05, 0.1) is 10.9 Å². The van der Waals surface area contributed by atoms with E-state index in [1.54, 1.807) is 23.5 Å². The summed E-state index contributed by atoms with van der Waals surface area (Å²) in [6.07, 6.45) is 4.73. The summed E-state index contributed by atoms with van der Waals surface area (Å²) < 4.78 is 25.8. The number of benzene rings is 1. The molecule has 0 bridgehead atoms.